The third-order valence-electron chi connectivity index (χ3n) is 2.79. The Kier molecular flexibility index (Phi) is 5.80. The summed E-state index contributed by atoms with van der Waals surface area (Å²) in [4.78, 5) is 0.0612. The summed E-state index contributed by atoms with van der Waals surface area (Å²) in [5.74, 6) is 0. The van der Waals surface area contributed by atoms with Gasteiger partial charge in [0.15, 0.2) is 0 Å². The molecule has 1 aromatic rings. The molecule has 104 valence electrons. The standard InChI is InChI=1S/C13H17ClN2O2S/c1-3-5-8-16(4-2)19(17,18)13-7-6-11(10-15)9-12(13)14/h6-7,9H,3-5,8H2,1-2H3. The van der Waals surface area contributed by atoms with Gasteiger partial charge in [0, 0.05) is 13.1 Å². The summed E-state index contributed by atoms with van der Waals surface area (Å²) in [7, 11) is -3.59. The second-order valence-electron chi connectivity index (χ2n) is 4.11. The van der Waals surface area contributed by atoms with E-state index in [0.717, 1.165) is 12.8 Å². The van der Waals surface area contributed by atoms with E-state index in [1.165, 1.54) is 22.5 Å². The van der Waals surface area contributed by atoms with E-state index in [0.29, 0.717) is 18.7 Å². The van der Waals surface area contributed by atoms with E-state index in [1.54, 1.807) is 6.92 Å². The van der Waals surface area contributed by atoms with Crippen LogP contribution < -0.4 is 0 Å². The molecule has 0 aromatic heterocycles. The monoisotopic (exact) mass is 300 g/mol. The molecule has 0 aliphatic carbocycles. The van der Waals surface area contributed by atoms with Gasteiger partial charge in [-0.1, -0.05) is 31.9 Å². The van der Waals surface area contributed by atoms with Crippen LogP contribution in [0.5, 0.6) is 0 Å². The van der Waals surface area contributed by atoms with Crippen molar-refractivity contribution in [1.29, 1.82) is 5.26 Å². The minimum absolute atomic E-state index is 0.0612. The molecule has 0 heterocycles. The number of nitriles is 1. The maximum atomic E-state index is 12.4. The van der Waals surface area contributed by atoms with Crippen molar-refractivity contribution in [1.82, 2.24) is 4.31 Å². The molecule has 1 rings (SSSR count). The summed E-state index contributed by atoms with van der Waals surface area (Å²) in [6, 6.07) is 6.17. The lowest BCUT2D eigenvalue weighted by molar-refractivity contribution is 0.419. The first kappa shape index (κ1) is 16.0. The largest absolute Gasteiger partial charge is 0.244 e. The Labute approximate surface area is 119 Å². The molecule has 0 aliphatic rings. The highest BCUT2D eigenvalue weighted by Crippen LogP contribution is 2.25. The zero-order valence-electron chi connectivity index (χ0n) is 11.1. The normalized spacial score (nSPS) is 11.5. The highest BCUT2D eigenvalue weighted by molar-refractivity contribution is 7.89. The van der Waals surface area contributed by atoms with Gasteiger partial charge in [0.05, 0.1) is 16.7 Å². The molecule has 0 radical (unpaired) electrons. The molecular formula is C13H17ClN2O2S. The van der Waals surface area contributed by atoms with Gasteiger partial charge in [-0.2, -0.15) is 9.57 Å². The lowest BCUT2D eigenvalue weighted by Crippen LogP contribution is -2.32. The zero-order valence-corrected chi connectivity index (χ0v) is 12.6. The Morgan fingerprint density at radius 1 is 1.37 bits per heavy atom. The summed E-state index contributed by atoms with van der Waals surface area (Å²) in [6.07, 6.45) is 1.73. The Hall–Kier alpha value is -1.09. The van der Waals surface area contributed by atoms with E-state index < -0.39 is 10.0 Å². The van der Waals surface area contributed by atoms with Gasteiger partial charge in [-0.15, -0.1) is 0 Å². The van der Waals surface area contributed by atoms with E-state index in [2.05, 4.69) is 0 Å². The second kappa shape index (κ2) is 6.90. The van der Waals surface area contributed by atoms with E-state index in [-0.39, 0.29) is 9.92 Å². The zero-order chi connectivity index (χ0) is 14.5. The van der Waals surface area contributed by atoms with Crippen molar-refractivity contribution in [2.24, 2.45) is 0 Å². The van der Waals surface area contributed by atoms with Crippen LogP contribution in [0.2, 0.25) is 5.02 Å². The lowest BCUT2D eigenvalue weighted by Gasteiger charge is -2.20. The van der Waals surface area contributed by atoms with E-state index in [9.17, 15) is 8.42 Å². The predicted octanol–water partition coefficient (Wildman–Crippen LogP) is 3.02. The molecule has 0 unspecified atom stereocenters. The SMILES string of the molecule is CCCCN(CC)S(=O)(=O)c1ccc(C#N)cc1Cl. The molecule has 6 heteroatoms. The first-order chi connectivity index (χ1) is 8.97. The van der Waals surface area contributed by atoms with Gasteiger partial charge in [0.25, 0.3) is 0 Å². The maximum absolute atomic E-state index is 12.4. The molecule has 0 amide bonds. The fraction of sp³-hybridized carbons (Fsp3) is 0.462. The summed E-state index contributed by atoms with van der Waals surface area (Å²) >= 11 is 5.97. The smallest absolute Gasteiger partial charge is 0.207 e. The third kappa shape index (κ3) is 3.69. The molecule has 0 saturated heterocycles. The Bertz CT molecular complexity index is 579. The van der Waals surface area contributed by atoms with Crippen molar-refractivity contribution in [3.63, 3.8) is 0 Å². The number of unbranched alkanes of at least 4 members (excludes halogenated alkanes) is 1. The van der Waals surface area contributed by atoms with Crippen molar-refractivity contribution in [2.75, 3.05) is 13.1 Å². The summed E-state index contributed by atoms with van der Waals surface area (Å²) in [5.41, 5.74) is 0.348. The number of sulfonamides is 1. The molecule has 1 aromatic carbocycles. The molecule has 0 spiro atoms. The molecule has 19 heavy (non-hydrogen) atoms. The van der Waals surface area contributed by atoms with Gasteiger partial charge in [0.2, 0.25) is 10.0 Å². The average Bonchev–Trinajstić information content (AvgIpc) is 2.38. The van der Waals surface area contributed by atoms with Gasteiger partial charge in [-0.3, -0.25) is 0 Å². The van der Waals surface area contributed by atoms with Crippen LogP contribution in [-0.2, 0) is 10.0 Å². The lowest BCUT2D eigenvalue weighted by atomic mass is 10.2. The summed E-state index contributed by atoms with van der Waals surface area (Å²) in [5, 5.41) is 8.85. The van der Waals surface area contributed by atoms with Crippen molar-refractivity contribution in [3.05, 3.63) is 28.8 Å². The fourth-order valence-corrected chi connectivity index (χ4v) is 3.71. The quantitative estimate of drug-likeness (QED) is 0.811. The molecule has 0 saturated carbocycles. The number of benzene rings is 1. The van der Waals surface area contributed by atoms with Gasteiger partial charge in [-0.05, 0) is 24.6 Å². The fourth-order valence-electron chi connectivity index (χ4n) is 1.70. The Balaban J connectivity index is 3.15. The number of hydrogen-bond acceptors (Lipinski definition) is 3. The van der Waals surface area contributed by atoms with E-state index in [4.69, 9.17) is 16.9 Å². The highest BCUT2D eigenvalue weighted by Gasteiger charge is 2.25. The summed E-state index contributed by atoms with van der Waals surface area (Å²) < 4.78 is 26.3. The van der Waals surface area contributed by atoms with Crippen molar-refractivity contribution < 1.29 is 8.42 Å². The van der Waals surface area contributed by atoms with Crippen molar-refractivity contribution in [2.45, 2.75) is 31.6 Å². The van der Waals surface area contributed by atoms with Gasteiger partial charge in [-0.25, -0.2) is 8.42 Å². The van der Waals surface area contributed by atoms with Gasteiger partial charge < -0.3 is 0 Å². The molecule has 0 bridgehead atoms. The topological polar surface area (TPSA) is 61.2 Å². The van der Waals surface area contributed by atoms with Crippen LogP contribution in [-0.4, -0.2) is 25.8 Å². The first-order valence-electron chi connectivity index (χ1n) is 6.17. The van der Waals surface area contributed by atoms with Gasteiger partial charge >= 0.3 is 0 Å². The first-order valence-corrected chi connectivity index (χ1v) is 7.99. The minimum atomic E-state index is -3.59. The van der Waals surface area contributed by atoms with Crippen LogP contribution in [0.25, 0.3) is 0 Å². The molecule has 0 atom stereocenters. The van der Waals surface area contributed by atoms with Crippen LogP contribution in [0.4, 0.5) is 0 Å². The Morgan fingerprint density at radius 3 is 2.53 bits per heavy atom. The average molecular weight is 301 g/mol. The predicted molar refractivity (Wildman–Crippen MR) is 75.5 cm³/mol. The van der Waals surface area contributed by atoms with Crippen LogP contribution in [0.3, 0.4) is 0 Å². The van der Waals surface area contributed by atoms with Crippen LogP contribution >= 0.6 is 11.6 Å². The second-order valence-corrected chi connectivity index (χ2v) is 6.42. The number of halogens is 1. The van der Waals surface area contributed by atoms with E-state index in [1.807, 2.05) is 13.0 Å². The minimum Gasteiger partial charge on any atom is -0.207 e. The van der Waals surface area contributed by atoms with Crippen LogP contribution in [0.1, 0.15) is 32.3 Å². The number of rotatable bonds is 6. The van der Waals surface area contributed by atoms with Crippen molar-refractivity contribution in [3.8, 4) is 6.07 Å². The number of hydrogen-bond donors (Lipinski definition) is 0. The third-order valence-corrected chi connectivity index (χ3v) is 5.25. The Morgan fingerprint density at radius 2 is 2.05 bits per heavy atom. The summed E-state index contributed by atoms with van der Waals surface area (Å²) in [6.45, 7) is 4.68. The molecule has 0 N–H and O–H groups in total. The molecule has 0 fully saturated rings. The highest BCUT2D eigenvalue weighted by atomic mass is 35.5. The van der Waals surface area contributed by atoms with Crippen LogP contribution in [0, 0.1) is 11.3 Å². The molecule has 4 nitrogen and oxygen atoms in total. The van der Waals surface area contributed by atoms with Crippen molar-refractivity contribution >= 4 is 21.6 Å². The molecular weight excluding hydrogens is 284 g/mol. The maximum Gasteiger partial charge on any atom is 0.244 e. The van der Waals surface area contributed by atoms with Crippen LogP contribution in [0.15, 0.2) is 23.1 Å². The number of nitrogens with zero attached hydrogens (tertiary/aromatic N) is 2. The van der Waals surface area contributed by atoms with E-state index >= 15 is 0 Å². The molecule has 0 aliphatic heterocycles. The van der Waals surface area contributed by atoms with Gasteiger partial charge in [0.1, 0.15) is 4.90 Å².